The van der Waals surface area contributed by atoms with Gasteiger partial charge in [-0.2, -0.15) is 4.98 Å². The minimum absolute atomic E-state index is 0.0257. The van der Waals surface area contributed by atoms with E-state index in [-0.39, 0.29) is 11.8 Å². The Balaban J connectivity index is 2.81. The van der Waals surface area contributed by atoms with Gasteiger partial charge in [-0.05, 0) is 6.42 Å². The summed E-state index contributed by atoms with van der Waals surface area (Å²) < 4.78 is 4.52. The lowest BCUT2D eigenvalue weighted by atomic mass is 10.2. The summed E-state index contributed by atoms with van der Waals surface area (Å²) in [6.07, 6.45) is 1.43. The van der Waals surface area contributed by atoms with E-state index in [0.717, 1.165) is 6.42 Å². The normalized spacial score (nSPS) is 11.9. The zero-order chi connectivity index (χ0) is 8.97. The molecule has 1 aromatic rings. The summed E-state index contributed by atoms with van der Waals surface area (Å²) in [5, 5.41) is 15.1. The molecule has 6 heteroatoms. The molecule has 1 aromatic heterocycles. The molecule has 0 aliphatic carbocycles. The summed E-state index contributed by atoms with van der Waals surface area (Å²) in [4.78, 5) is 3.71. The van der Waals surface area contributed by atoms with Crippen molar-refractivity contribution in [3.63, 3.8) is 0 Å². The second kappa shape index (κ2) is 3.70. The predicted octanol–water partition coefficient (Wildman–Crippen LogP) is 0.630. The molecule has 0 saturated heterocycles. The third-order valence-corrected chi connectivity index (χ3v) is 1.31. The van der Waals surface area contributed by atoms with E-state index in [4.69, 9.17) is 10.9 Å². The lowest BCUT2D eigenvalue weighted by Gasteiger charge is -1.93. The Hall–Kier alpha value is -1.59. The molecule has 1 heterocycles. The number of rotatable bonds is 3. The van der Waals surface area contributed by atoms with E-state index in [1.807, 2.05) is 6.92 Å². The summed E-state index contributed by atoms with van der Waals surface area (Å²) in [5.74, 6) is 0.247. The minimum atomic E-state index is -0.0257. The van der Waals surface area contributed by atoms with Crippen molar-refractivity contribution in [2.75, 3.05) is 5.73 Å². The van der Waals surface area contributed by atoms with Gasteiger partial charge in [-0.1, -0.05) is 23.7 Å². The second-order valence-corrected chi connectivity index (χ2v) is 2.25. The number of aromatic nitrogens is 2. The fraction of sp³-hybridized carbons (Fsp3) is 0.500. The average Bonchev–Trinajstić information content (AvgIpc) is 2.47. The molecule has 0 atom stereocenters. The molecule has 0 unspecified atom stereocenters. The standard InChI is InChI=1S/C6H10N4O2/c1-2-3-4(9-11)5-8-6(7)12-10-5/h11H,2-3H2,1H3,(H2,7,8,10)/b9-4+. The van der Waals surface area contributed by atoms with Crippen molar-refractivity contribution >= 4 is 11.7 Å². The van der Waals surface area contributed by atoms with Gasteiger partial charge in [-0.15, -0.1) is 0 Å². The van der Waals surface area contributed by atoms with Crippen LogP contribution in [0.3, 0.4) is 0 Å². The highest BCUT2D eigenvalue weighted by Gasteiger charge is 2.10. The molecule has 12 heavy (non-hydrogen) atoms. The monoisotopic (exact) mass is 170 g/mol. The maximum absolute atomic E-state index is 8.55. The molecule has 0 aliphatic rings. The van der Waals surface area contributed by atoms with Crippen LogP contribution in [0.1, 0.15) is 25.6 Å². The molecule has 0 aromatic carbocycles. The smallest absolute Gasteiger partial charge is 0.319 e. The third-order valence-electron chi connectivity index (χ3n) is 1.31. The first kappa shape index (κ1) is 8.51. The van der Waals surface area contributed by atoms with E-state index >= 15 is 0 Å². The maximum Gasteiger partial charge on any atom is 0.319 e. The summed E-state index contributed by atoms with van der Waals surface area (Å²) in [6.45, 7) is 1.95. The van der Waals surface area contributed by atoms with Crippen LogP contribution < -0.4 is 5.73 Å². The van der Waals surface area contributed by atoms with E-state index in [1.165, 1.54) is 0 Å². The molecule has 0 bridgehead atoms. The lowest BCUT2D eigenvalue weighted by Crippen LogP contribution is -2.03. The maximum atomic E-state index is 8.55. The predicted molar refractivity (Wildman–Crippen MR) is 41.9 cm³/mol. The van der Waals surface area contributed by atoms with Gasteiger partial charge in [0, 0.05) is 0 Å². The van der Waals surface area contributed by atoms with Gasteiger partial charge in [0.2, 0.25) is 5.82 Å². The lowest BCUT2D eigenvalue weighted by molar-refractivity contribution is 0.317. The molecule has 0 aliphatic heterocycles. The molecule has 6 nitrogen and oxygen atoms in total. The Kier molecular flexibility index (Phi) is 2.62. The molecule has 0 amide bonds. The van der Waals surface area contributed by atoms with Gasteiger partial charge in [-0.25, -0.2) is 0 Å². The first-order valence-electron chi connectivity index (χ1n) is 3.58. The first-order chi connectivity index (χ1) is 5.77. The molecule has 3 N–H and O–H groups in total. The van der Waals surface area contributed by atoms with E-state index in [9.17, 15) is 0 Å². The molecule has 0 spiro atoms. The van der Waals surface area contributed by atoms with Crippen molar-refractivity contribution in [3.8, 4) is 0 Å². The molecular weight excluding hydrogens is 160 g/mol. The van der Waals surface area contributed by atoms with Gasteiger partial charge >= 0.3 is 6.01 Å². The number of hydrogen-bond acceptors (Lipinski definition) is 6. The van der Waals surface area contributed by atoms with Crippen LogP contribution >= 0.6 is 0 Å². The topological polar surface area (TPSA) is 97.5 Å². The van der Waals surface area contributed by atoms with Crippen molar-refractivity contribution < 1.29 is 9.73 Å². The molecule has 66 valence electrons. The fourth-order valence-electron chi connectivity index (χ4n) is 0.796. The Labute approximate surface area is 69.1 Å². The van der Waals surface area contributed by atoms with E-state index in [2.05, 4.69) is 19.8 Å². The van der Waals surface area contributed by atoms with Crippen LogP contribution in [0.25, 0.3) is 0 Å². The number of oxime groups is 1. The number of nitrogen functional groups attached to an aromatic ring is 1. The summed E-state index contributed by atoms with van der Waals surface area (Å²) in [5.41, 5.74) is 5.58. The number of anilines is 1. The van der Waals surface area contributed by atoms with Crippen LogP contribution in [0.2, 0.25) is 0 Å². The zero-order valence-corrected chi connectivity index (χ0v) is 6.69. The number of nitrogens with zero attached hydrogens (tertiary/aromatic N) is 3. The van der Waals surface area contributed by atoms with Crippen molar-refractivity contribution in [2.24, 2.45) is 5.16 Å². The molecule has 0 radical (unpaired) electrons. The van der Waals surface area contributed by atoms with Crippen molar-refractivity contribution in [3.05, 3.63) is 5.82 Å². The van der Waals surface area contributed by atoms with Gasteiger partial charge < -0.3 is 15.5 Å². The van der Waals surface area contributed by atoms with E-state index < -0.39 is 0 Å². The van der Waals surface area contributed by atoms with E-state index in [1.54, 1.807) is 0 Å². The third kappa shape index (κ3) is 1.71. The average molecular weight is 170 g/mol. The molecular formula is C6H10N4O2. The van der Waals surface area contributed by atoms with Crippen LogP contribution in [0.15, 0.2) is 9.68 Å². The highest BCUT2D eigenvalue weighted by atomic mass is 16.5. The summed E-state index contributed by atoms with van der Waals surface area (Å²) in [7, 11) is 0. The Morgan fingerprint density at radius 3 is 2.92 bits per heavy atom. The molecule has 0 saturated carbocycles. The SMILES string of the molecule is CCC/C(=N\O)c1noc(N)n1. The summed E-state index contributed by atoms with van der Waals surface area (Å²) in [6, 6.07) is -0.0257. The Morgan fingerprint density at radius 2 is 2.50 bits per heavy atom. The van der Waals surface area contributed by atoms with Crippen LogP contribution in [0, 0.1) is 0 Å². The minimum Gasteiger partial charge on any atom is -0.411 e. The number of nitrogens with two attached hydrogens (primary N) is 1. The molecule has 1 rings (SSSR count). The fourth-order valence-corrected chi connectivity index (χ4v) is 0.796. The van der Waals surface area contributed by atoms with Crippen molar-refractivity contribution in [1.82, 2.24) is 10.1 Å². The Morgan fingerprint density at radius 1 is 1.75 bits per heavy atom. The summed E-state index contributed by atoms with van der Waals surface area (Å²) >= 11 is 0. The van der Waals surface area contributed by atoms with Gasteiger partial charge in [0.25, 0.3) is 0 Å². The van der Waals surface area contributed by atoms with Gasteiger partial charge in [-0.3, -0.25) is 0 Å². The van der Waals surface area contributed by atoms with Gasteiger partial charge in [0.05, 0.1) is 0 Å². The van der Waals surface area contributed by atoms with E-state index in [0.29, 0.717) is 12.1 Å². The van der Waals surface area contributed by atoms with Gasteiger partial charge in [0.15, 0.2) is 0 Å². The first-order valence-corrected chi connectivity index (χ1v) is 3.58. The van der Waals surface area contributed by atoms with Crippen LogP contribution in [-0.4, -0.2) is 21.1 Å². The second-order valence-electron chi connectivity index (χ2n) is 2.25. The van der Waals surface area contributed by atoms with Crippen molar-refractivity contribution in [1.29, 1.82) is 0 Å². The van der Waals surface area contributed by atoms with Gasteiger partial charge in [0.1, 0.15) is 5.71 Å². The van der Waals surface area contributed by atoms with Crippen LogP contribution in [0.5, 0.6) is 0 Å². The van der Waals surface area contributed by atoms with Crippen LogP contribution in [-0.2, 0) is 0 Å². The molecule has 0 fully saturated rings. The zero-order valence-electron chi connectivity index (χ0n) is 6.69. The van der Waals surface area contributed by atoms with Crippen molar-refractivity contribution in [2.45, 2.75) is 19.8 Å². The largest absolute Gasteiger partial charge is 0.411 e. The Bertz CT molecular complexity index is 281. The van der Waals surface area contributed by atoms with Crippen LogP contribution in [0.4, 0.5) is 6.01 Å². The quantitative estimate of drug-likeness (QED) is 0.394. The number of hydrogen-bond donors (Lipinski definition) is 2. The highest BCUT2D eigenvalue weighted by molar-refractivity contribution is 5.96. The highest BCUT2D eigenvalue weighted by Crippen LogP contribution is 2.03.